The van der Waals surface area contributed by atoms with Crippen molar-refractivity contribution in [2.24, 2.45) is 0 Å². The highest BCUT2D eigenvalue weighted by molar-refractivity contribution is 5.70. The molecule has 0 aliphatic carbocycles. The van der Waals surface area contributed by atoms with Crippen LogP contribution in [-0.2, 0) is 19.1 Å². The monoisotopic (exact) mass is 791 g/mol. The summed E-state index contributed by atoms with van der Waals surface area (Å²) in [6.07, 6.45) is 66.4. The maximum atomic E-state index is 12.2. The fourth-order valence-electron chi connectivity index (χ4n) is 6.12. The molecule has 5 heteroatoms. The lowest BCUT2D eigenvalue weighted by molar-refractivity contribution is -0.161. The van der Waals surface area contributed by atoms with Gasteiger partial charge in [-0.1, -0.05) is 195 Å². The molecule has 0 saturated carbocycles. The first-order valence-corrected chi connectivity index (χ1v) is 23.3. The summed E-state index contributed by atoms with van der Waals surface area (Å²) in [5, 5.41) is 9.56. The molecule has 0 heterocycles. The van der Waals surface area contributed by atoms with Gasteiger partial charge in [-0.2, -0.15) is 0 Å². The summed E-state index contributed by atoms with van der Waals surface area (Å²) in [4.78, 5) is 24.3. The highest BCUT2D eigenvalue weighted by Gasteiger charge is 2.16. The van der Waals surface area contributed by atoms with Crippen LogP contribution in [0.2, 0.25) is 0 Å². The number of esters is 2. The van der Waals surface area contributed by atoms with Crippen molar-refractivity contribution in [2.45, 2.75) is 206 Å². The van der Waals surface area contributed by atoms with Crippen LogP contribution in [0.1, 0.15) is 200 Å². The lowest BCUT2D eigenvalue weighted by Gasteiger charge is -2.15. The number of carbonyl (C=O) groups is 2. The quantitative estimate of drug-likeness (QED) is 0.0379. The summed E-state index contributed by atoms with van der Waals surface area (Å²) in [5.74, 6) is -0.612. The first-order chi connectivity index (χ1) is 28.1. The normalized spacial score (nSPS) is 13.1. The number of hydrogen-bond donors (Lipinski definition) is 1. The van der Waals surface area contributed by atoms with Gasteiger partial charge in [-0.3, -0.25) is 9.59 Å². The summed E-state index contributed by atoms with van der Waals surface area (Å²) in [5.41, 5.74) is 0. The van der Waals surface area contributed by atoms with Crippen molar-refractivity contribution in [1.29, 1.82) is 0 Å². The third-order valence-electron chi connectivity index (χ3n) is 9.59. The van der Waals surface area contributed by atoms with E-state index in [1.807, 2.05) is 0 Å². The van der Waals surface area contributed by atoms with E-state index in [0.29, 0.717) is 12.8 Å². The van der Waals surface area contributed by atoms with Gasteiger partial charge in [-0.15, -0.1) is 0 Å². The summed E-state index contributed by atoms with van der Waals surface area (Å²) in [6, 6.07) is 0. The smallest absolute Gasteiger partial charge is 0.306 e. The van der Waals surface area contributed by atoms with E-state index in [1.165, 1.54) is 77.0 Å². The minimum Gasteiger partial charge on any atom is -0.462 e. The summed E-state index contributed by atoms with van der Waals surface area (Å²) in [6.45, 7) is 3.94. The molecule has 0 fully saturated rings. The van der Waals surface area contributed by atoms with E-state index in [0.717, 1.165) is 96.3 Å². The molecular formula is C52H86O5. The third kappa shape index (κ3) is 45.4. The van der Waals surface area contributed by atoms with Gasteiger partial charge in [0.15, 0.2) is 6.10 Å². The number of aliphatic hydroxyl groups is 1. The van der Waals surface area contributed by atoms with Crippen LogP contribution in [-0.4, -0.2) is 36.4 Å². The highest BCUT2D eigenvalue weighted by atomic mass is 16.6. The molecule has 0 rings (SSSR count). The van der Waals surface area contributed by atoms with E-state index < -0.39 is 6.10 Å². The van der Waals surface area contributed by atoms with Crippen molar-refractivity contribution in [3.05, 3.63) is 97.2 Å². The SMILES string of the molecule is CC/C=C\C/C=C\C/C=C\C/C=C\C/C=C\C/C=C\C/C=C\CCCCCCCCCCCCCC(=O)OC(CO)COC(=O)CCCCCCC/C=C\CCC. The first-order valence-electron chi connectivity index (χ1n) is 23.3. The first kappa shape index (κ1) is 53.8. The van der Waals surface area contributed by atoms with Crippen molar-refractivity contribution in [2.75, 3.05) is 13.2 Å². The van der Waals surface area contributed by atoms with E-state index >= 15 is 0 Å². The topological polar surface area (TPSA) is 72.8 Å². The predicted molar refractivity (Wildman–Crippen MR) is 246 cm³/mol. The highest BCUT2D eigenvalue weighted by Crippen LogP contribution is 2.14. The molecule has 0 aromatic carbocycles. The number of carbonyl (C=O) groups excluding carboxylic acids is 2. The number of ether oxygens (including phenoxy) is 2. The zero-order valence-electron chi connectivity index (χ0n) is 36.8. The number of rotatable bonds is 41. The van der Waals surface area contributed by atoms with Crippen LogP contribution in [0.15, 0.2) is 97.2 Å². The van der Waals surface area contributed by atoms with Gasteiger partial charge in [-0.05, 0) is 89.9 Å². The Morgan fingerprint density at radius 2 is 0.754 bits per heavy atom. The molecule has 1 unspecified atom stereocenters. The Bertz CT molecular complexity index is 1120. The summed E-state index contributed by atoms with van der Waals surface area (Å²) in [7, 11) is 0. The zero-order valence-corrected chi connectivity index (χ0v) is 36.8. The van der Waals surface area contributed by atoms with Gasteiger partial charge < -0.3 is 14.6 Å². The van der Waals surface area contributed by atoms with Crippen LogP contribution in [0.3, 0.4) is 0 Å². The van der Waals surface area contributed by atoms with Crippen molar-refractivity contribution in [3.8, 4) is 0 Å². The van der Waals surface area contributed by atoms with Crippen LogP contribution in [0.4, 0.5) is 0 Å². The van der Waals surface area contributed by atoms with Crippen molar-refractivity contribution in [3.63, 3.8) is 0 Å². The Kier molecular flexibility index (Phi) is 44.6. The van der Waals surface area contributed by atoms with Gasteiger partial charge in [0.05, 0.1) is 6.61 Å². The van der Waals surface area contributed by atoms with E-state index in [4.69, 9.17) is 9.47 Å². The van der Waals surface area contributed by atoms with Crippen molar-refractivity contribution >= 4 is 11.9 Å². The maximum Gasteiger partial charge on any atom is 0.306 e. The number of unbranched alkanes of at least 4 members (excludes halogenated alkanes) is 17. The molecule has 0 aliphatic heterocycles. The van der Waals surface area contributed by atoms with Crippen LogP contribution in [0.5, 0.6) is 0 Å². The van der Waals surface area contributed by atoms with Crippen LogP contribution in [0.25, 0.3) is 0 Å². The van der Waals surface area contributed by atoms with E-state index in [1.54, 1.807) is 0 Å². The van der Waals surface area contributed by atoms with Crippen LogP contribution in [0, 0.1) is 0 Å². The van der Waals surface area contributed by atoms with Gasteiger partial charge in [-0.25, -0.2) is 0 Å². The second-order valence-electron chi connectivity index (χ2n) is 15.1. The second-order valence-corrected chi connectivity index (χ2v) is 15.1. The molecule has 0 aromatic rings. The number of hydrogen-bond acceptors (Lipinski definition) is 5. The molecule has 0 amide bonds. The van der Waals surface area contributed by atoms with E-state index in [-0.39, 0.29) is 25.2 Å². The predicted octanol–water partition coefficient (Wildman–Crippen LogP) is 15.2. The average Bonchev–Trinajstić information content (AvgIpc) is 3.21. The number of aliphatic hydroxyl groups excluding tert-OH is 1. The van der Waals surface area contributed by atoms with E-state index in [9.17, 15) is 14.7 Å². The molecule has 0 radical (unpaired) electrons. The van der Waals surface area contributed by atoms with Gasteiger partial charge in [0.1, 0.15) is 6.61 Å². The van der Waals surface area contributed by atoms with Crippen LogP contribution >= 0.6 is 0 Å². The third-order valence-corrected chi connectivity index (χ3v) is 9.59. The molecule has 57 heavy (non-hydrogen) atoms. The fraction of sp³-hybridized carbons (Fsp3) is 0.654. The standard InChI is InChI=1S/C52H86O5/c1-3-5-7-9-11-13-15-16-17-18-19-20-21-22-23-24-25-26-27-28-29-30-31-32-33-34-35-36-37-39-41-43-45-47-52(55)57-50(48-53)49-56-51(54)46-44-42-40-38-14-12-10-8-6-4-2/h5,7-8,10-11,13,16-17,19-20,22-23,25-26,28-29,50,53H,3-4,6,9,12,14-15,18,21,24,27,30-49H2,1-2H3/b7-5-,10-8-,13-11-,17-16-,20-19-,23-22-,26-25-,29-28-. The lowest BCUT2D eigenvalue weighted by Crippen LogP contribution is -2.28. The Hall–Kier alpha value is -3.18. The van der Waals surface area contributed by atoms with E-state index in [2.05, 4.69) is 111 Å². The summed E-state index contributed by atoms with van der Waals surface area (Å²) >= 11 is 0. The minimum absolute atomic E-state index is 0.0755. The molecule has 1 atom stereocenters. The lowest BCUT2D eigenvalue weighted by atomic mass is 10.0. The van der Waals surface area contributed by atoms with Gasteiger partial charge >= 0.3 is 11.9 Å². The molecule has 0 bridgehead atoms. The van der Waals surface area contributed by atoms with Crippen molar-refractivity contribution < 1.29 is 24.2 Å². The Balaban J connectivity index is 3.55. The van der Waals surface area contributed by atoms with Crippen molar-refractivity contribution in [1.82, 2.24) is 0 Å². The molecule has 0 aromatic heterocycles. The van der Waals surface area contributed by atoms with Gasteiger partial charge in [0, 0.05) is 12.8 Å². The van der Waals surface area contributed by atoms with Crippen LogP contribution < -0.4 is 0 Å². The molecule has 0 spiro atoms. The van der Waals surface area contributed by atoms with Gasteiger partial charge in [0.25, 0.3) is 0 Å². The Morgan fingerprint density at radius 1 is 0.421 bits per heavy atom. The Labute approximate surface area is 351 Å². The van der Waals surface area contributed by atoms with Gasteiger partial charge in [0.2, 0.25) is 0 Å². The minimum atomic E-state index is -0.780. The molecular weight excluding hydrogens is 705 g/mol. The average molecular weight is 791 g/mol. The maximum absolute atomic E-state index is 12.2. The largest absolute Gasteiger partial charge is 0.462 e. The number of allylic oxidation sites excluding steroid dienone is 16. The molecule has 0 aliphatic rings. The Morgan fingerprint density at radius 3 is 1.16 bits per heavy atom. The zero-order chi connectivity index (χ0) is 41.4. The molecule has 5 nitrogen and oxygen atoms in total. The summed E-state index contributed by atoms with van der Waals surface area (Å²) < 4.78 is 10.6. The molecule has 0 saturated heterocycles. The second kappa shape index (κ2) is 47.2. The molecule has 324 valence electrons. The molecule has 1 N–H and O–H groups in total. The fourth-order valence-corrected chi connectivity index (χ4v) is 6.12.